The van der Waals surface area contributed by atoms with Crippen molar-refractivity contribution in [3.05, 3.63) is 32.7 Å². The lowest BCUT2D eigenvalue weighted by molar-refractivity contribution is -0.0448. The van der Waals surface area contributed by atoms with Gasteiger partial charge in [0.2, 0.25) is 0 Å². The van der Waals surface area contributed by atoms with Crippen LogP contribution >= 0.6 is 34.8 Å². The zero-order chi connectivity index (χ0) is 26.9. The molecular weight excluding hydrogens is 560 g/mol. The molecule has 1 amide bonds. The van der Waals surface area contributed by atoms with Gasteiger partial charge in [-0.1, -0.05) is 34.8 Å². The van der Waals surface area contributed by atoms with Gasteiger partial charge < -0.3 is 9.64 Å². The first-order chi connectivity index (χ1) is 15.9. The average Bonchev–Trinajstić information content (AvgIpc) is 3.00. The monoisotopic (exact) mass is 580 g/mol. The predicted octanol–water partition coefficient (Wildman–Crippen LogP) is 5.06. The molecule has 2 rings (SSSR count). The van der Waals surface area contributed by atoms with E-state index >= 15 is 0 Å². The van der Waals surface area contributed by atoms with E-state index < -0.39 is 39.6 Å². The molecule has 2 heterocycles. The number of rotatable bonds is 8. The summed E-state index contributed by atoms with van der Waals surface area (Å²) in [5, 5.41) is -0.0995. The van der Waals surface area contributed by atoms with Crippen LogP contribution < -0.4 is 4.72 Å². The fraction of sp³-hybridized carbons (Fsp3) is 0.526. The van der Waals surface area contributed by atoms with E-state index in [0.717, 1.165) is 4.90 Å². The van der Waals surface area contributed by atoms with E-state index in [2.05, 4.69) is 4.98 Å². The van der Waals surface area contributed by atoms with Gasteiger partial charge in [0.25, 0.3) is 0 Å². The lowest BCUT2D eigenvalue weighted by atomic mass is 10.2. The van der Waals surface area contributed by atoms with Crippen molar-refractivity contribution in [3.63, 3.8) is 0 Å². The van der Waals surface area contributed by atoms with Gasteiger partial charge in [-0.05, 0) is 27.2 Å². The molecule has 0 unspecified atom stereocenters. The molecule has 0 atom stereocenters. The first kappa shape index (κ1) is 29.4. The molecule has 1 N–H and O–H groups in total. The Hall–Kier alpha value is -1.80. The molecule has 0 aliphatic heterocycles. The van der Waals surface area contributed by atoms with Crippen LogP contribution in [0.5, 0.6) is 0 Å². The van der Waals surface area contributed by atoms with Crippen LogP contribution in [0.15, 0.2) is 6.07 Å². The van der Waals surface area contributed by atoms with Gasteiger partial charge in [0.15, 0.2) is 10.9 Å². The number of hydrogen-bond donors (Lipinski definition) is 1. The van der Waals surface area contributed by atoms with E-state index in [4.69, 9.17) is 39.5 Å². The highest BCUT2D eigenvalue weighted by atomic mass is 35.5. The molecule has 0 bridgehead atoms. The minimum absolute atomic E-state index is 0.0164. The molecule has 0 fully saturated rings. The summed E-state index contributed by atoms with van der Waals surface area (Å²) < 4.78 is 68.2. The van der Waals surface area contributed by atoms with E-state index in [-0.39, 0.29) is 51.7 Å². The first-order valence-corrected chi connectivity index (χ1v) is 12.6. The second-order valence-electron chi connectivity index (χ2n) is 8.35. The van der Waals surface area contributed by atoms with Crippen molar-refractivity contribution in [1.29, 1.82) is 0 Å². The number of ether oxygens (including phenoxy) is 1. The minimum atomic E-state index is -5.54. The molecule has 9 nitrogen and oxygen atoms in total. The topological polar surface area (TPSA) is 110 Å². The van der Waals surface area contributed by atoms with E-state index in [1.807, 2.05) is 0 Å². The summed E-state index contributed by atoms with van der Waals surface area (Å²) in [4.78, 5) is 30.2. The number of amides is 1. The summed E-state index contributed by atoms with van der Waals surface area (Å²) >= 11 is 18.7. The zero-order valence-electron chi connectivity index (χ0n) is 19.0. The highest BCUT2D eigenvalue weighted by Gasteiger charge is 2.45. The number of carbonyl (C=O) groups is 2. The minimum Gasteiger partial charge on any atom is -0.444 e. The third-order valence-electron chi connectivity index (χ3n) is 4.38. The molecular formula is C19H22Cl3F3N4O5S. The summed E-state index contributed by atoms with van der Waals surface area (Å²) in [6.45, 7) is 4.90. The molecule has 0 aromatic carbocycles. The molecule has 0 radical (unpaired) electrons. The Balaban J connectivity index is 2.42. The van der Waals surface area contributed by atoms with Crippen LogP contribution in [0.4, 0.5) is 18.0 Å². The Morgan fingerprint density at radius 1 is 1.20 bits per heavy atom. The Bertz CT molecular complexity index is 1240. The summed E-state index contributed by atoms with van der Waals surface area (Å²) in [5.41, 5.74) is -6.10. The number of Topliss-reactive ketones (excluding diaryl/α,β-unsaturated/α-hetero) is 1. The molecule has 2 aromatic rings. The van der Waals surface area contributed by atoms with Crippen LogP contribution in [0.3, 0.4) is 0 Å². The average molecular weight is 582 g/mol. The molecule has 0 spiro atoms. The number of hydrogen-bond acceptors (Lipinski definition) is 6. The first-order valence-electron chi connectivity index (χ1n) is 9.95. The second-order valence-corrected chi connectivity index (χ2v) is 11.3. The van der Waals surface area contributed by atoms with Gasteiger partial charge in [-0.3, -0.25) is 9.20 Å². The van der Waals surface area contributed by atoms with Gasteiger partial charge in [-0.2, -0.15) is 13.2 Å². The van der Waals surface area contributed by atoms with Crippen molar-refractivity contribution in [2.75, 3.05) is 13.1 Å². The predicted molar refractivity (Wildman–Crippen MR) is 124 cm³/mol. The second kappa shape index (κ2) is 10.7. The van der Waals surface area contributed by atoms with Crippen LogP contribution in [-0.4, -0.2) is 58.8 Å². The summed E-state index contributed by atoms with van der Waals surface area (Å²) in [7, 11) is -5.54. The number of ketones is 1. The van der Waals surface area contributed by atoms with Crippen molar-refractivity contribution in [2.45, 2.75) is 51.8 Å². The van der Waals surface area contributed by atoms with Crippen LogP contribution in [0.25, 0.3) is 5.65 Å². The fourth-order valence-corrected chi connectivity index (χ4v) is 4.22. The van der Waals surface area contributed by atoms with E-state index in [1.54, 1.807) is 20.8 Å². The largest absolute Gasteiger partial charge is 0.511 e. The number of aromatic nitrogens is 2. The van der Waals surface area contributed by atoms with Gasteiger partial charge >= 0.3 is 21.6 Å². The maximum Gasteiger partial charge on any atom is 0.511 e. The van der Waals surface area contributed by atoms with Gasteiger partial charge in [0.05, 0.1) is 22.3 Å². The number of alkyl halides is 3. The van der Waals surface area contributed by atoms with E-state index in [0.29, 0.717) is 0 Å². The van der Waals surface area contributed by atoms with Gasteiger partial charge in [-0.25, -0.2) is 22.9 Å². The Morgan fingerprint density at radius 3 is 2.31 bits per heavy atom. The highest BCUT2D eigenvalue weighted by molar-refractivity contribution is 7.90. The van der Waals surface area contributed by atoms with Crippen LogP contribution in [-0.2, 0) is 21.3 Å². The maximum absolute atomic E-state index is 12.9. The Kier molecular flexibility index (Phi) is 8.97. The molecule has 35 heavy (non-hydrogen) atoms. The summed E-state index contributed by atoms with van der Waals surface area (Å²) in [6.07, 6.45) is -1.07. The SMILES string of the molecule is CC(=O)c1c(Cl)nc2cc(Cl)c(Cl)c(CN(CCCNS(=O)(=O)C(F)(F)F)C(=O)OC(C)(C)C)n12. The fourth-order valence-electron chi connectivity index (χ4n) is 2.94. The normalized spacial score (nSPS) is 12.7. The zero-order valence-corrected chi connectivity index (χ0v) is 22.0. The van der Waals surface area contributed by atoms with Gasteiger partial charge in [0, 0.05) is 26.1 Å². The number of nitrogens with one attached hydrogen (secondary N) is 1. The molecule has 0 aliphatic carbocycles. The number of nitrogens with zero attached hydrogens (tertiary/aromatic N) is 3. The van der Waals surface area contributed by atoms with Crippen molar-refractivity contribution in [1.82, 2.24) is 19.0 Å². The summed E-state index contributed by atoms with van der Waals surface area (Å²) in [6, 6.07) is 1.37. The van der Waals surface area contributed by atoms with Crippen molar-refractivity contribution >= 4 is 62.3 Å². The number of fused-ring (bicyclic) bond motifs is 1. The summed E-state index contributed by atoms with van der Waals surface area (Å²) in [5.74, 6) is -0.451. The quantitative estimate of drug-likeness (QED) is 0.345. The smallest absolute Gasteiger partial charge is 0.444 e. The highest BCUT2D eigenvalue weighted by Crippen LogP contribution is 2.32. The van der Waals surface area contributed by atoms with Crippen LogP contribution in [0, 0.1) is 0 Å². The van der Waals surface area contributed by atoms with Gasteiger partial charge in [-0.15, -0.1) is 0 Å². The lowest BCUT2D eigenvalue weighted by Crippen LogP contribution is -2.40. The number of sulfonamides is 1. The number of imidazole rings is 1. The van der Waals surface area contributed by atoms with Crippen molar-refractivity contribution < 1.29 is 35.9 Å². The standard InChI is InChI=1S/C19H22Cl3F3N4O5S/c1-10(30)15-16(22)27-13-8-11(20)14(21)12(29(13)15)9-28(17(31)34-18(2,3)4)7-5-6-26-35(32,33)19(23,24)25/h8,26H,5-7,9H2,1-4H3. The number of pyridine rings is 1. The molecule has 196 valence electrons. The van der Waals surface area contributed by atoms with Crippen molar-refractivity contribution in [3.8, 4) is 0 Å². The Labute approximate surface area is 214 Å². The van der Waals surface area contributed by atoms with E-state index in [9.17, 15) is 31.2 Å². The molecule has 0 aliphatic rings. The molecule has 2 aromatic heterocycles. The third kappa shape index (κ3) is 7.13. The van der Waals surface area contributed by atoms with Gasteiger partial charge in [0.1, 0.15) is 16.9 Å². The molecule has 0 saturated carbocycles. The van der Waals surface area contributed by atoms with Crippen LogP contribution in [0.2, 0.25) is 15.2 Å². The number of halogens is 6. The molecule has 0 saturated heterocycles. The molecule has 16 heteroatoms. The van der Waals surface area contributed by atoms with Crippen LogP contribution in [0.1, 0.15) is 50.3 Å². The lowest BCUT2D eigenvalue weighted by Gasteiger charge is -2.28. The third-order valence-corrected chi connectivity index (χ3v) is 6.65. The van der Waals surface area contributed by atoms with E-state index in [1.165, 1.54) is 22.1 Å². The number of carbonyl (C=O) groups excluding carboxylic acids is 2. The van der Waals surface area contributed by atoms with Crippen molar-refractivity contribution in [2.24, 2.45) is 0 Å². The maximum atomic E-state index is 12.9. The Morgan fingerprint density at radius 2 is 1.80 bits per heavy atom.